The zero-order chi connectivity index (χ0) is 17.1. The van der Waals surface area contributed by atoms with Crippen LogP contribution in [0.4, 0.5) is 0 Å². The number of thioether (sulfide) groups is 1. The van der Waals surface area contributed by atoms with Gasteiger partial charge in [-0.3, -0.25) is 9.59 Å². The molecule has 124 valence electrons. The molecule has 1 N–H and O–H groups in total. The number of carbonyl (C=O) groups is 3. The summed E-state index contributed by atoms with van der Waals surface area (Å²) in [6, 6.07) is 3.61. The number of nitrogens with zero attached hydrogens (tertiary/aromatic N) is 1. The number of hydrogen-bond acceptors (Lipinski definition) is 7. The zero-order valence-corrected chi connectivity index (χ0v) is 13.8. The van der Waals surface area contributed by atoms with E-state index >= 15 is 0 Å². The fraction of sp³-hybridized carbons (Fsp3) is 0.400. The first-order chi connectivity index (χ1) is 10.8. The van der Waals surface area contributed by atoms with E-state index in [1.54, 1.807) is 0 Å². The number of esters is 2. The molecule has 7 nitrogen and oxygen atoms in total. The Labute approximate surface area is 137 Å². The highest BCUT2D eigenvalue weighted by Gasteiger charge is 2.42. The lowest BCUT2D eigenvalue weighted by molar-refractivity contribution is -0.151. The first kappa shape index (κ1) is 17.1. The van der Waals surface area contributed by atoms with Gasteiger partial charge in [-0.25, -0.2) is 4.79 Å². The van der Waals surface area contributed by atoms with E-state index in [0.29, 0.717) is 11.3 Å². The van der Waals surface area contributed by atoms with Gasteiger partial charge in [-0.15, -0.1) is 11.8 Å². The molecule has 0 bridgehead atoms. The van der Waals surface area contributed by atoms with E-state index in [4.69, 9.17) is 9.47 Å². The van der Waals surface area contributed by atoms with Crippen molar-refractivity contribution >= 4 is 29.6 Å². The monoisotopic (exact) mass is 339 g/mol. The standard InChI is InChI=1S/C15H17NO6S/c1-8(17)16-12(15(20)21-3)7-23-14(16)11-6-10(22-9(2)18)4-5-13(11)19/h4-6,12,14,19H,7H2,1-3H3. The Balaban J connectivity index is 2.38. The molecule has 8 heteroatoms. The molecule has 23 heavy (non-hydrogen) atoms. The van der Waals surface area contributed by atoms with Crippen molar-refractivity contribution < 1.29 is 29.0 Å². The number of ether oxygens (including phenoxy) is 2. The maximum absolute atomic E-state index is 12.0. The maximum Gasteiger partial charge on any atom is 0.329 e. The molecule has 1 heterocycles. The van der Waals surface area contributed by atoms with Gasteiger partial charge < -0.3 is 19.5 Å². The minimum atomic E-state index is -0.718. The lowest BCUT2D eigenvalue weighted by Gasteiger charge is -2.27. The average molecular weight is 339 g/mol. The highest BCUT2D eigenvalue weighted by Crippen LogP contribution is 2.45. The molecule has 0 radical (unpaired) electrons. The number of amides is 1. The van der Waals surface area contributed by atoms with Crippen LogP contribution in [0.1, 0.15) is 24.8 Å². The molecule has 0 spiro atoms. The first-order valence-electron chi connectivity index (χ1n) is 6.84. The van der Waals surface area contributed by atoms with Gasteiger partial charge in [0, 0.05) is 25.2 Å². The lowest BCUT2D eigenvalue weighted by Crippen LogP contribution is -2.42. The number of phenolic OH excluding ortho intramolecular Hbond substituents is 1. The van der Waals surface area contributed by atoms with Crippen molar-refractivity contribution in [3.8, 4) is 11.5 Å². The van der Waals surface area contributed by atoms with Gasteiger partial charge in [0.25, 0.3) is 0 Å². The number of methoxy groups -OCH3 is 1. The van der Waals surface area contributed by atoms with Crippen LogP contribution in [0, 0.1) is 0 Å². The predicted molar refractivity (Wildman–Crippen MR) is 82.9 cm³/mol. The van der Waals surface area contributed by atoms with Gasteiger partial charge >= 0.3 is 11.9 Å². The second-order valence-corrected chi connectivity index (χ2v) is 6.08. The van der Waals surface area contributed by atoms with Crippen LogP contribution in [-0.4, -0.2) is 46.8 Å². The molecular formula is C15H17NO6S. The summed E-state index contributed by atoms with van der Waals surface area (Å²) in [5, 5.41) is 9.54. The normalized spacial score (nSPS) is 20.2. The fourth-order valence-corrected chi connectivity index (χ4v) is 3.89. The highest BCUT2D eigenvalue weighted by molar-refractivity contribution is 7.99. The second kappa shape index (κ2) is 6.91. The van der Waals surface area contributed by atoms with Gasteiger partial charge in [0.15, 0.2) is 0 Å². The Morgan fingerprint density at radius 3 is 2.57 bits per heavy atom. The van der Waals surface area contributed by atoms with Crippen LogP contribution in [0.2, 0.25) is 0 Å². The summed E-state index contributed by atoms with van der Waals surface area (Å²) in [7, 11) is 1.26. The molecular weight excluding hydrogens is 322 g/mol. The predicted octanol–water partition coefficient (Wildman–Crippen LogP) is 1.45. The van der Waals surface area contributed by atoms with Crippen LogP contribution >= 0.6 is 11.8 Å². The SMILES string of the molecule is COC(=O)C1CSC(c2cc(OC(C)=O)ccc2O)N1C(C)=O. The van der Waals surface area contributed by atoms with E-state index in [-0.39, 0.29) is 17.4 Å². The van der Waals surface area contributed by atoms with Crippen molar-refractivity contribution in [2.24, 2.45) is 0 Å². The number of benzene rings is 1. The number of phenols is 1. The summed E-state index contributed by atoms with van der Waals surface area (Å²) < 4.78 is 9.73. The molecule has 1 aliphatic heterocycles. The van der Waals surface area contributed by atoms with Gasteiger partial charge in [-0.1, -0.05) is 0 Å². The van der Waals surface area contributed by atoms with Crippen LogP contribution in [0.3, 0.4) is 0 Å². The average Bonchev–Trinajstić information content (AvgIpc) is 2.92. The summed E-state index contributed by atoms with van der Waals surface area (Å²) in [5.41, 5.74) is 0.398. The Morgan fingerprint density at radius 2 is 2.00 bits per heavy atom. The van der Waals surface area contributed by atoms with Crippen LogP contribution in [0.15, 0.2) is 18.2 Å². The van der Waals surface area contributed by atoms with E-state index in [1.165, 1.54) is 55.8 Å². The summed E-state index contributed by atoms with van der Waals surface area (Å²) in [6.45, 7) is 2.62. The maximum atomic E-state index is 12.0. The minimum absolute atomic E-state index is 0.0461. The Hall–Kier alpha value is -2.22. The number of hydrogen-bond donors (Lipinski definition) is 1. The van der Waals surface area contributed by atoms with E-state index in [0.717, 1.165) is 0 Å². The molecule has 1 saturated heterocycles. The topological polar surface area (TPSA) is 93.1 Å². The van der Waals surface area contributed by atoms with Crippen LogP contribution in [-0.2, 0) is 19.1 Å². The molecule has 0 aliphatic carbocycles. The molecule has 1 fully saturated rings. The Bertz CT molecular complexity index is 647. The molecule has 2 atom stereocenters. The number of rotatable bonds is 3. The molecule has 1 aromatic carbocycles. The molecule has 1 amide bonds. The summed E-state index contributed by atoms with van der Waals surface area (Å²) in [4.78, 5) is 36.2. The number of carbonyl (C=O) groups excluding carboxylic acids is 3. The van der Waals surface area contributed by atoms with Gasteiger partial charge in [0.1, 0.15) is 22.9 Å². The minimum Gasteiger partial charge on any atom is -0.508 e. The van der Waals surface area contributed by atoms with Gasteiger partial charge in [-0.05, 0) is 18.2 Å². The van der Waals surface area contributed by atoms with E-state index in [9.17, 15) is 19.5 Å². The molecule has 1 aliphatic rings. The molecule has 2 unspecified atom stereocenters. The first-order valence-corrected chi connectivity index (χ1v) is 7.89. The van der Waals surface area contributed by atoms with E-state index in [1.807, 2.05) is 0 Å². The van der Waals surface area contributed by atoms with Crippen molar-refractivity contribution in [2.45, 2.75) is 25.3 Å². The van der Waals surface area contributed by atoms with Crippen molar-refractivity contribution in [2.75, 3.05) is 12.9 Å². The van der Waals surface area contributed by atoms with Crippen molar-refractivity contribution in [3.63, 3.8) is 0 Å². The zero-order valence-electron chi connectivity index (χ0n) is 12.9. The van der Waals surface area contributed by atoms with E-state index < -0.39 is 23.4 Å². The van der Waals surface area contributed by atoms with Crippen LogP contribution < -0.4 is 4.74 Å². The fourth-order valence-electron chi connectivity index (χ4n) is 2.41. The van der Waals surface area contributed by atoms with Gasteiger partial charge in [0.05, 0.1) is 7.11 Å². The smallest absolute Gasteiger partial charge is 0.329 e. The number of aromatic hydroxyl groups is 1. The Morgan fingerprint density at radius 1 is 1.30 bits per heavy atom. The summed E-state index contributed by atoms with van der Waals surface area (Å²) in [5.74, 6) is -0.741. The van der Waals surface area contributed by atoms with E-state index in [2.05, 4.69) is 0 Å². The second-order valence-electron chi connectivity index (χ2n) is 4.97. The molecule has 0 saturated carbocycles. The summed E-state index contributed by atoms with van der Waals surface area (Å²) >= 11 is 1.33. The third-order valence-corrected chi connectivity index (χ3v) is 4.67. The Kier molecular flexibility index (Phi) is 5.15. The van der Waals surface area contributed by atoms with Crippen LogP contribution in [0.5, 0.6) is 11.5 Å². The van der Waals surface area contributed by atoms with Crippen molar-refractivity contribution in [3.05, 3.63) is 23.8 Å². The highest BCUT2D eigenvalue weighted by atomic mass is 32.2. The molecule has 1 aromatic rings. The van der Waals surface area contributed by atoms with Crippen molar-refractivity contribution in [1.29, 1.82) is 0 Å². The molecule has 2 rings (SSSR count). The summed E-state index contributed by atoms with van der Waals surface area (Å²) in [6.07, 6.45) is 0. The third kappa shape index (κ3) is 3.58. The quantitative estimate of drug-likeness (QED) is 0.658. The van der Waals surface area contributed by atoms with Crippen LogP contribution in [0.25, 0.3) is 0 Å². The van der Waals surface area contributed by atoms with Gasteiger partial charge in [-0.2, -0.15) is 0 Å². The lowest BCUT2D eigenvalue weighted by atomic mass is 10.1. The largest absolute Gasteiger partial charge is 0.508 e. The van der Waals surface area contributed by atoms with Crippen molar-refractivity contribution in [1.82, 2.24) is 4.90 Å². The van der Waals surface area contributed by atoms with Gasteiger partial charge in [0.2, 0.25) is 5.91 Å². The molecule has 0 aromatic heterocycles. The third-order valence-electron chi connectivity index (χ3n) is 3.36.